The van der Waals surface area contributed by atoms with Crippen molar-refractivity contribution >= 4 is 5.97 Å². The Labute approximate surface area is 75.9 Å². The van der Waals surface area contributed by atoms with Gasteiger partial charge in [0.2, 0.25) is 0 Å². The normalized spacial score (nSPS) is 10.3. The third-order valence-corrected chi connectivity index (χ3v) is 1.70. The van der Waals surface area contributed by atoms with Crippen LogP contribution in [0.4, 0.5) is 0 Å². The molecule has 0 aromatic carbocycles. The molecule has 0 fully saturated rings. The van der Waals surface area contributed by atoms with E-state index in [1.54, 1.807) is 18.7 Å². The minimum absolute atomic E-state index is 0.246. The lowest BCUT2D eigenvalue weighted by Crippen LogP contribution is -2.04. The zero-order valence-corrected chi connectivity index (χ0v) is 7.65. The Morgan fingerprint density at radius 1 is 1.77 bits per heavy atom. The van der Waals surface area contributed by atoms with Crippen LogP contribution in [0.2, 0.25) is 0 Å². The third-order valence-electron chi connectivity index (χ3n) is 1.70. The van der Waals surface area contributed by atoms with E-state index in [1.807, 2.05) is 0 Å². The summed E-state index contributed by atoms with van der Waals surface area (Å²) in [5.41, 5.74) is 0.778. The number of carboxylic acids is 1. The molecule has 0 spiro atoms. The minimum atomic E-state index is -0.943. The third kappa shape index (κ3) is 2.29. The Hall–Kier alpha value is -1.36. The fourth-order valence-electron chi connectivity index (χ4n) is 1.03. The van der Waals surface area contributed by atoms with Gasteiger partial charge in [0.05, 0.1) is 18.8 Å². The monoisotopic (exact) mass is 184 g/mol. The molecule has 0 amide bonds. The van der Waals surface area contributed by atoms with Gasteiger partial charge in [0.1, 0.15) is 5.56 Å². The van der Waals surface area contributed by atoms with Gasteiger partial charge in [-0.25, -0.2) is 4.79 Å². The molecule has 0 saturated heterocycles. The molecular formula is C8H12N2O3. The van der Waals surface area contributed by atoms with E-state index in [9.17, 15) is 4.79 Å². The first-order valence-electron chi connectivity index (χ1n) is 3.91. The van der Waals surface area contributed by atoms with Gasteiger partial charge in [0, 0.05) is 13.3 Å². The van der Waals surface area contributed by atoms with Crippen molar-refractivity contribution in [3.63, 3.8) is 0 Å². The number of carbonyl (C=O) groups is 1. The van der Waals surface area contributed by atoms with Crippen molar-refractivity contribution < 1.29 is 14.6 Å². The van der Waals surface area contributed by atoms with Gasteiger partial charge >= 0.3 is 5.97 Å². The van der Waals surface area contributed by atoms with Gasteiger partial charge in [0.25, 0.3) is 0 Å². The van der Waals surface area contributed by atoms with E-state index in [1.165, 1.54) is 6.20 Å². The molecule has 72 valence electrons. The largest absolute Gasteiger partial charge is 0.478 e. The maximum atomic E-state index is 10.6. The summed E-state index contributed by atoms with van der Waals surface area (Å²) in [4.78, 5) is 10.6. The Kier molecular flexibility index (Phi) is 3.02. The molecule has 1 N–H and O–H groups in total. The van der Waals surface area contributed by atoms with E-state index < -0.39 is 5.97 Å². The first-order valence-corrected chi connectivity index (χ1v) is 3.91. The zero-order chi connectivity index (χ0) is 9.84. The summed E-state index contributed by atoms with van der Waals surface area (Å²) in [5, 5.41) is 12.7. The number of aromatic nitrogens is 2. The van der Waals surface area contributed by atoms with Gasteiger partial charge in [0.15, 0.2) is 0 Å². The van der Waals surface area contributed by atoms with Gasteiger partial charge in [-0.15, -0.1) is 0 Å². The van der Waals surface area contributed by atoms with Crippen LogP contribution in [-0.4, -0.2) is 34.6 Å². The van der Waals surface area contributed by atoms with Crippen molar-refractivity contribution in [1.82, 2.24) is 9.78 Å². The number of ether oxygens (including phenoxy) is 1. The average molecular weight is 184 g/mol. The number of nitrogens with zero attached hydrogens (tertiary/aromatic N) is 2. The number of hydrogen-bond donors (Lipinski definition) is 1. The molecule has 1 rings (SSSR count). The van der Waals surface area contributed by atoms with Gasteiger partial charge < -0.3 is 9.84 Å². The minimum Gasteiger partial charge on any atom is -0.478 e. The Balaban J connectivity index is 2.76. The summed E-state index contributed by atoms with van der Waals surface area (Å²) in [6.07, 6.45) is 1.51. The molecule has 1 heterocycles. The van der Waals surface area contributed by atoms with E-state index in [0.29, 0.717) is 18.8 Å². The molecule has 0 unspecified atom stereocenters. The molecule has 1 aromatic rings. The summed E-state index contributed by atoms with van der Waals surface area (Å²) in [7, 11) is 1.59. The molecule has 5 nitrogen and oxygen atoms in total. The molecule has 0 aliphatic carbocycles. The number of rotatable bonds is 4. The fourth-order valence-corrected chi connectivity index (χ4v) is 1.03. The highest BCUT2D eigenvalue weighted by molar-refractivity contribution is 5.88. The quantitative estimate of drug-likeness (QED) is 0.741. The molecule has 5 heteroatoms. The van der Waals surface area contributed by atoms with Crippen LogP contribution in [-0.2, 0) is 11.3 Å². The highest BCUT2D eigenvalue weighted by atomic mass is 16.5. The maximum Gasteiger partial charge on any atom is 0.339 e. The average Bonchev–Trinajstić information content (AvgIpc) is 2.43. The number of methoxy groups -OCH3 is 1. The van der Waals surface area contributed by atoms with Crippen molar-refractivity contribution in [3.8, 4) is 0 Å². The topological polar surface area (TPSA) is 64.3 Å². The molecule has 1 aromatic heterocycles. The first-order chi connectivity index (χ1) is 6.15. The smallest absolute Gasteiger partial charge is 0.339 e. The maximum absolute atomic E-state index is 10.6. The molecule has 0 saturated carbocycles. The highest BCUT2D eigenvalue weighted by Gasteiger charge is 2.10. The molecule has 13 heavy (non-hydrogen) atoms. The second-order valence-corrected chi connectivity index (χ2v) is 2.69. The van der Waals surface area contributed by atoms with Crippen LogP contribution in [0.1, 0.15) is 16.1 Å². The fraction of sp³-hybridized carbons (Fsp3) is 0.500. The van der Waals surface area contributed by atoms with Crippen LogP contribution in [0, 0.1) is 6.92 Å². The lowest BCUT2D eigenvalue weighted by molar-refractivity contribution is 0.0696. The van der Waals surface area contributed by atoms with Gasteiger partial charge in [-0.1, -0.05) is 0 Å². The summed E-state index contributed by atoms with van der Waals surface area (Å²) in [6, 6.07) is 0. The molecule has 0 bridgehead atoms. The van der Waals surface area contributed by atoms with E-state index in [0.717, 1.165) is 0 Å². The predicted molar refractivity (Wildman–Crippen MR) is 45.8 cm³/mol. The van der Waals surface area contributed by atoms with Crippen LogP contribution < -0.4 is 0 Å². The van der Waals surface area contributed by atoms with Gasteiger partial charge in [-0.05, 0) is 6.92 Å². The van der Waals surface area contributed by atoms with Crippen molar-refractivity contribution in [2.24, 2.45) is 0 Å². The summed E-state index contributed by atoms with van der Waals surface area (Å²) in [6.45, 7) is 2.78. The van der Waals surface area contributed by atoms with E-state index in [2.05, 4.69) is 5.10 Å². The van der Waals surface area contributed by atoms with Gasteiger partial charge in [-0.2, -0.15) is 5.10 Å². The Morgan fingerprint density at radius 2 is 2.46 bits per heavy atom. The zero-order valence-electron chi connectivity index (χ0n) is 7.65. The van der Waals surface area contributed by atoms with Crippen LogP contribution in [0.3, 0.4) is 0 Å². The van der Waals surface area contributed by atoms with Crippen LogP contribution in [0.15, 0.2) is 6.20 Å². The predicted octanol–water partition coefficient (Wildman–Crippen LogP) is 0.536. The second-order valence-electron chi connectivity index (χ2n) is 2.69. The van der Waals surface area contributed by atoms with Crippen molar-refractivity contribution in [3.05, 3.63) is 17.5 Å². The number of aryl methyl sites for hydroxylation is 1. The van der Waals surface area contributed by atoms with Crippen molar-refractivity contribution in [1.29, 1.82) is 0 Å². The molecule has 0 aliphatic heterocycles. The Bertz CT molecular complexity index is 306. The van der Waals surface area contributed by atoms with Crippen LogP contribution in [0.25, 0.3) is 0 Å². The summed E-state index contributed by atoms with van der Waals surface area (Å²) in [5.74, 6) is -0.943. The van der Waals surface area contributed by atoms with Crippen molar-refractivity contribution in [2.45, 2.75) is 13.5 Å². The highest BCUT2D eigenvalue weighted by Crippen LogP contribution is 2.04. The van der Waals surface area contributed by atoms with E-state index >= 15 is 0 Å². The lowest BCUT2D eigenvalue weighted by atomic mass is 10.3. The van der Waals surface area contributed by atoms with Crippen molar-refractivity contribution in [2.75, 3.05) is 13.7 Å². The molecule has 0 aliphatic rings. The standard InChI is InChI=1S/C8H12N2O3/c1-6-7(8(11)12)5-10(9-6)3-4-13-2/h5H,3-4H2,1-2H3,(H,11,12). The lowest BCUT2D eigenvalue weighted by Gasteiger charge is -1.97. The van der Waals surface area contributed by atoms with E-state index in [-0.39, 0.29) is 5.56 Å². The number of aromatic carboxylic acids is 1. The summed E-state index contributed by atoms with van der Waals surface area (Å²) >= 11 is 0. The molecular weight excluding hydrogens is 172 g/mol. The van der Waals surface area contributed by atoms with Gasteiger partial charge in [-0.3, -0.25) is 4.68 Å². The SMILES string of the molecule is COCCn1cc(C(=O)O)c(C)n1. The first kappa shape index (κ1) is 9.73. The van der Waals surface area contributed by atoms with Crippen LogP contribution in [0.5, 0.6) is 0 Å². The Morgan fingerprint density at radius 3 is 2.92 bits per heavy atom. The molecule has 0 atom stereocenters. The number of carboxylic acid groups (broad SMARTS) is 1. The van der Waals surface area contributed by atoms with E-state index in [4.69, 9.17) is 9.84 Å². The van der Waals surface area contributed by atoms with Crippen LogP contribution >= 0.6 is 0 Å². The second kappa shape index (κ2) is 4.04. The number of hydrogen-bond acceptors (Lipinski definition) is 3. The summed E-state index contributed by atoms with van der Waals surface area (Å²) < 4.78 is 6.42. The molecule has 0 radical (unpaired) electrons.